The van der Waals surface area contributed by atoms with Crippen molar-refractivity contribution in [3.8, 4) is 0 Å². The second kappa shape index (κ2) is 4.97. The molecule has 1 atom stereocenters. The third-order valence-electron chi connectivity index (χ3n) is 2.42. The fourth-order valence-electron chi connectivity index (χ4n) is 1.52. The van der Waals surface area contributed by atoms with Gasteiger partial charge in [0.2, 0.25) is 0 Å². The van der Waals surface area contributed by atoms with Crippen molar-refractivity contribution in [2.45, 2.75) is 13.0 Å². The minimum atomic E-state index is -0.662. The van der Waals surface area contributed by atoms with E-state index in [0.717, 1.165) is 0 Å². The molecule has 6 heteroatoms. The Hall–Kier alpha value is -2.21. The maximum absolute atomic E-state index is 12.0. The van der Waals surface area contributed by atoms with E-state index in [0.29, 0.717) is 5.65 Å². The number of nitrogens with zero attached hydrogens (tertiary/aromatic N) is 2. The van der Waals surface area contributed by atoms with Crippen LogP contribution in [0.2, 0.25) is 0 Å². The zero-order valence-corrected chi connectivity index (χ0v) is 9.83. The zero-order chi connectivity index (χ0) is 13.1. The third-order valence-corrected chi connectivity index (χ3v) is 2.42. The number of hydrogen-bond acceptors (Lipinski definition) is 4. The molecule has 0 saturated carbocycles. The van der Waals surface area contributed by atoms with Crippen molar-refractivity contribution in [2.75, 3.05) is 6.54 Å². The highest BCUT2D eigenvalue weighted by molar-refractivity contribution is 5.93. The summed E-state index contributed by atoms with van der Waals surface area (Å²) in [7, 11) is 0. The number of hydrogen-bond donors (Lipinski definition) is 2. The molecule has 94 valence electrons. The number of fused-ring (bicyclic) bond motifs is 1. The van der Waals surface area contributed by atoms with Crippen LogP contribution in [0.3, 0.4) is 0 Å². The number of carbonyl (C=O) groups excluding carboxylic acids is 1. The molecule has 2 rings (SSSR count). The van der Waals surface area contributed by atoms with Crippen LogP contribution in [-0.4, -0.2) is 33.0 Å². The van der Waals surface area contributed by atoms with Gasteiger partial charge >= 0.3 is 0 Å². The van der Waals surface area contributed by atoms with Crippen LogP contribution in [0, 0.1) is 0 Å². The molecule has 18 heavy (non-hydrogen) atoms. The van der Waals surface area contributed by atoms with E-state index < -0.39 is 17.6 Å². The van der Waals surface area contributed by atoms with Crippen LogP contribution in [0.15, 0.2) is 35.4 Å². The van der Waals surface area contributed by atoms with Crippen molar-refractivity contribution in [3.63, 3.8) is 0 Å². The Labute approximate surface area is 103 Å². The van der Waals surface area contributed by atoms with Crippen molar-refractivity contribution >= 4 is 11.6 Å². The van der Waals surface area contributed by atoms with Crippen molar-refractivity contribution in [1.82, 2.24) is 14.7 Å². The average Bonchev–Trinajstić information content (AvgIpc) is 2.37. The molecule has 0 aromatic carbocycles. The maximum Gasteiger partial charge on any atom is 0.270 e. The van der Waals surface area contributed by atoms with E-state index >= 15 is 0 Å². The lowest BCUT2D eigenvalue weighted by atomic mass is 10.3. The van der Waals surface area contributed by atoms with Gasteiger partial charge in [-0.05, 0) is 19.1 Å². The lowest BCUT2D eigenvalue weighted by Crippen LogP contribution is -2.35. The van der Waals surface area contributed by atoms with E-state index in [-0.39, 0.29) is 12.1 Å². The van der Waals surface area contributed by atoms with E-state index in [4.69, 9.17) is 5.11 Å². The van der Waals surface area contributed by atoms with Gasteiger partial charge in [-0.15, -0.1) is 0 Å². The fraction of sp³-hybridized carbons (Fsp3) is 0.250. The van der Waals surface area contributed by atoms with Gasteiger partial charge in [0.05, 0.1) is 6.10 Å². The van der Waals surface area contributed by atoms with Crippen LogP contribution in [0.1, 0.15) is 17.3 Å². The van der Waals surface area contributed by atoms with E-state index in [9.17, 15) is 9.59 Å². The van der Waals surface area contributed by atoms with Gasteiger partial charge < -0.3 is 10.4 Å². The first-order chi connectivity index (χ1) is 8.59. The molecule has 0 radical (unpaired) electrons. The van der Waals surface area contributed by atoms with Crippen molar-refractivity contribution < 1.29 is 9.90 Å². The van der Waals surface area contributed by atoms with Crippen molar-refractivity contribution in [1.29, 1.82) is 0 Å². The molecule has 6 nitrogen and oxygen atoms in total. The molecule has 0 bridgehead atoms. The van der Waals surface area contributed by atoms with Gasteiger partial charge in [0.1, 0.15) is 11.2 Å². The van der Waals surface area contributed by atoms with Crippen LogP contribution in [0.25, 0.3) is 5.65 Å². The summed E-state index contributed by atoms with van der Waals surface area (Å²) in [5.74, 6) is -0.536. The molecule has 0 aliphatic rings. The van der Waals surface area contributed by atoms with Gasteiger partial charge in [-0.3, -0.25) is 14.0 Å². The number of nitrogens with one attached hydrogen (secondary N) is 1. The number of carbonyl (C=O) groups is 1. The normalized spacial score (nSPS) is 12.3. The van der Waals surface area contributed by atoms with Crippen LogP contribution in [-0.2, 0) is 0 Å². The minimum absolute atomic E-state index is 0.0423. The van der Waals surface area contributed by atoms with Gasteiger partial charge in [0.15, 0.2) is 0 Å². The summed E-state index contributed by atoms with van der Waals surface area (Å²) in [6.07, 6.45) is 2.13. The molecule has 0 saturated heterocycles. The van der Waals surface area contributed by atoms with Crippen LogP contribution in [0.5, 0.6) is 0 Å². The number of amides is 1. The van der Waals surface area contributed by atoms with E-state index in [2.05, 4.69) is 10.3 Å². The SMILES string of the molecule is C[C@H](O)CNC(=O)c1cnc2ccccn2c1=O. The first-order valence-electron chi connectivity index (χ1n) is 5.52. The van der Waals surface area contributed by atoms with Gasteiger partial charge in [-0.25, -0.2) is 4.98 Å². The Bertz CT molecular complexity index is 634. The molecule has 2 aromatic rings. The molecule has 0 spiro atoms. The van der Waals surface area contributed by atoms with Crippen LogP contribution in [0.4, 0.5) is 0 Å². The van der Waals surface area contributed by atoms with Crippen LogP contribution >= 0.6 is 0 Å². The molecule has 0 fully saturated rings. The van der Waals surface area contributed by atoms with Crippen molar-refractivity contribution in [2.24, 2.45) is 0 Å². The first-order valence-corrected chi connectivity index (χ1v) is 5.52. The van der Waals surface area contributed by atoms with E-state index in [1.54, 1.807) is 31.3 Å². The first kappa shape index (κ1) is 12.3. The predicted octanol–water partition coefficient (Wildman–Crippen LogP) is -0.195. The number of rotatable bonds is 3. The molecule has 0 aliphatic carbocycles. The standard InChI is InChI=1S/C12H13N3O3/c1-8(16)6-14-11(17)9-7-13-10-4-2-3-5-15(10)12(9)18/h2-5,7-8,16H,6H2,1H3,(H,14,17)/t8-/m0/s1. The maximum atomic E-state index is 12.0. The summed E-state index contributed by atoms with van der Waals surface area (Å²) in [5.41, 5.74) is 0.0117. The molecule has 2 heterocycles. The minimum Gasteiger partial charge on any atom is -0.392 e. The topological polar surface area (TPSA) is 83.7 Å². The summed E-state index contributed by atoms with van der Waals surface area (Å²) in [6, 6.07) is 5.13. The Morgan fingerprint density at radius 2 is 2.33 bits per heavy atom. The average molecular weight is 247 g/mol. The summed E-state index contributed by atoms with van der Waals surface area (Å²) in [5, 5.41) is 11.5. The molecular weight excluding hydrogens is 234 g/mol. The lowest BCUT2D eigenvalue weighted by molar-refractivity contribution is 0.0922. The summed E-state index contributed by atoms with van der Waals surface area (Å²) in [4.78, 5) is 27.8. The molecule has 2 N–H and O–H groups in total. The molecule has 2 aromatic heterocycles. The number of aromatic nitrogens is 2. The largest absolute Gasteiger partial charge is 0.392 e. The van der Waals surface area contributed by atoms with Gasteiger partial charge in [-0.2, -0.15) is 0 Å². The Kier molecular flexibility index (Phi) is 3.38. The predicted molar refractivity (Wildman–Crippen MR) is 65.5 cm³/mol. The lowest BCUT2D eigenvalue weighted by Gasteiger charge is -2.07. The molecule has 0 aliphatic heterocycles. The number of aliphatic hydroxyl groups is 1. The number of pyridine rings is 1. The molecule has 0 unspecified atom stereocenters. The second-order valence-electron chi connectivity index (χ2n) is 3.96. The molecule has 1 amide bonds. The Morgan fingerprint density at radius 3 is 3.06 bits per heavy atom. The van der Waals surface area contributed by atoms with Gasteiger partial charge in [-0.1, -0.05) is 6.07 Å². The van der Waals surface area contributed by atoms with Crippen molar-refractivity contribution in [3.05, 3.63) is 46.5 Å². The smallest absolute Gasteiger partial charge is 0.270 e. The number of aliphatic hydroxyl groups excluding tert-OH is 1. The quantitative estimate of drug-likeness (QED) is 0.787. The Morgan fingerprint density at radius 1 is 1.56 bits per heavy atom. The highest BCUT2D eigenvalue weighted by Crippen LogP contribution is 1.97. The summed E-state index contributed by atoms with van der Waals surface area (Å²) < 4.78 is 1.30. The summed E-state index contributed by atoms with van der Waals surface area (Å²) in [6.45, 7) is 1.64. The van der Waals surface area contributed by atoms with Gasteiger partial charge in [0, 0.05) is 18.9 Å². The fourth-order valence-corrected chi connectivity index (χ4v) is 1.52. The van der Waals surface area contributed by atoms with E-state index in [1.807, 2.05) is 0 Å². The highest BCUT2D eigenvalue weighted by atomic mass is 16.3. The second-order valence-corrected chi connectivity index (χ2v) is 3.96. The third kappa shape index (κ3) is 2.38. The highest BCUT2D eigenvalue weighted by Gasteiger charge is 2.13. The van der Waals surface area contributed by atoms with Gasteiger partial charge in [0.25, 0.3) is 11.5 Å². The van der Waals surface area contributed by atoms with E-state index in [1.165, 1.54) is 10.6 Å². The Balaban J connectivity index is 2.37. The zero-order valence-electron chi connectivity index (χ0n) is 9.83. The van der Waals surface area contributed by atoms with Crippen LogP contribution < -0.4 is 10.9 Å². The monoisotopic (exact) mass is 247 g/mol. The summed E-state index contributed by atoms with van der Waals surface area (Å²) >= 11 is 0. The molecular formula is C12H13N3O3.